The number of aromatic nitrogens is 2. The predicted octanol–water partition coefficient (Wildman–Crippen LogP) is 8.22. The molecule has 4 heterocycles. The van der Waals surface area contributed by atoms with Crippen molar-refractivity contribution >= 4 is 27.5 Å². The Hall–Kier alpha value is -4.77. The number of hydrogen-bond donors (Lipinski definition) is 0. The van der Waals surface area contributed by atoms with E-state index in [2.05, 4.69) is 146 Å². The molecule has 0 N–H and O–H groups in total. The Morgan fingerprint density at radius 1 is 0.800 bits per heavy atom. The van der Waals surface area contributed by atoms with Gasteiger partial charge in [-0.05, 0) is 65.6 Å². The molecule has 0 spiro atoms. The van der Waals surface area contributed by atoms with Crippen LogP contribution in [0.4, 0.5) is 0 Å². The van der Waals surface area contributed by atoms with Gasteiger partial charge >= 0.3 is 0 Å². The van der Waals surface area contributed by atoms with Gasteiger partial charge in [0.05, 0.1) is 16.7 Å². The van der Waals surface area contributed by atoms with Crippen molar-refractivity contribution in [2.45, 2.75) is 32.4 Å². The van der Waals surface area contributed by atoms with Gasteiger partial charge in [0.15, 0.2) is 0 Å². The molecule has 5 nitrogen and oxygen atoms in total. The summed E-state index contributed by atoms with van der Waals surface area (Å²) in [5, 5.41) is 2.37. The maximum Gasteiger partial charge on any atom is 0.137 e. The number of nitrogens with zero attached hydrogens (tertiary/aromatic N) is 4. The summed E-state index contributed by atoms with van der Waals surface area (Å²) < 4.78 is 8.74. The number of para-hydroxylation sites is 1. The van der Waals surface area contributed by atoms with E-state index >= 15 is 0 Å². The van der Waals surface area contributed by atoms with Crippen molar-refractivity contribution < 1.29 is 4.74 Å². The zero-order valence-corrected chi connectivity index (χ0v) is 23.2. The molecule has 0 bridgehead atoms. The minimum Gasteiger partial charge on any atom is -0.457 e. The summed E-state index contributed by atoms with van der Waals surface area (Å²) in [6.07, 6.45) is 12.8. The van der Waals surface area contributed by atoms with Crippen LogP contribution in [0.15, 0.2) is 116 Å². The second-order valence-electron chi connectivity index (χ2n) is 11.5. The molecule has 1 unspecified atom stereocenters. The van der Waals surface area contributed by atoms with Gasteiger partial charge in [-0.25, -0.2) is 4.98 Å². The fourth-order valence-corrected chi connectivity index (χ4v) is 5.72. The Bertz CT molecular complexity index is 1850. The monoisotopic (exact) mass is 524 g/mol. The van der Waals surface area contributed by atoms with Crippen molar-refractivity contribution in [2.24, 2.45) is 0 Å². The van der Waals surface area contributed by atoms with Gasteiger partial charge in [-0.2, -0.15) is 0 Å². The summed E-state index contributed by atoms with van der Waals surface area (Å²) >= 11 is 0. The van der Waals surface area contributed by atoms with E-state index in [9.17, 15) is 0 Å². The van der Waals surface area contributed by atoms with Gasteiger partial charge in [0, 0.05) is 48.0 Å². The smallest absolute Gasteiger partial charge is 0.137 e. The van der Waals surface area contributed by atoms with E-state index in [-0.39, 0.29) is 11.6 Å². The lowest BCUT2D eigenvalue weighted by Crippen LogP contribution is -2.33. The van der Waals surface area contributed by atoms with E-state index in [1.54, 1.807) is 0 Å². The Balaban J connectivity index is 1.29. The molecule has 7 rings (SSSR count). The molecule has 2 aliphatic heterocycles. The number of fused-ring (bicyclic) bond motifs is 4. The third kappa shape index (κ3) is 4.06. The lowest BCUT2D eigenvalue weighted by molar-refractivity contribution is 0.282. The zero-order valence-electron chi connectivity index (χ0n) is 23.2. The van der Waals surface area contributed by atoms with Crippen LogP contribution in [0.3, 0.4) is 0 Å². The van der Waals surface area contributed by atoms with E-state index in [0.717, 1.165) is 39.6 Å². The summed E-state index contributed by atoms with van der Waals surface area (Å²) in [4.78, 5) is 9.30. The van der Waals surface area contributed by atoms with Crippen molar-refractivity contribution in [3.05, 3.63) is 127 Å². The summed E-state index contributed by atoms with van der Waals surface area (Å²) in [6, 6.07) is 27.5. The second-order valence-corrected chi connectivity index (χ2v) is 11.5. The largest absolute Gasteiger partial charge is 0.457 e. The highest BCUT2D eigenvalue weighted by Crippen LogP contribution is 2.37. The molecule has 1 atom stereocenters. The third-order valence-corrected chi connectivity index (χ3v) is 7.80. The highest BCUT2D eigenvalue weighted by atomic mass is 16.5. The van der Waals surface area contributed by atoms with Crippen LogP contribution < -0.4 is 4.74 Å². The number of hydrogen-bond acceptors (Lipinski definition) is 4. The first-order valence-corrected chi connectivity index (χ1v) is 13.7. The summed E-state index contributed by atoms with van der Waals surface area (Å²) in [7, 11) is 2.11. The van der Waals surface area contributed by atoms with Gasteiger partial charge in [-0.1, -0.05) is 57.2 Å². The molecule has 0 amide bonds. The summed E-state index contributed by atoms with van der Waals surface area (Å²) in [5.41, 5.74) is 5.75. The van der Waals surface area contributed by atoms with Gasteiger partial charge in [-0.3, -0.25) is 4.57 Å². The van der Waals surface area contributed by atoms with E-state index in [1.165, 1.54) is 16.3 Å². The molecule has 5 heteroatoms. The molecule has 2 aromatic heterocycles. The van der Waals surface area contributed by atoms with Crippen LogP contribution in [0.1, 0.15) is 31.9 Å². The quantitative estimate of drug-likeness (QED) is 0.237. The summed E-state index contributed by atoms with van der Waals surface area (Å²) in [5.74, 6) is 2.50. The van der Waals surface area contributed by atoms with E-state index in [4.69, 9.17) is 9.72 Å². The van der Waals surface area contributed by atoms with Gasteiger partial charge < -0.3 is 14.5 Å². The highest BCUT2D eigenvalue weighted by Gasteiger charge is 2.28. The normalized spacial score (nSPS) is 16.6. The van der Waals surface area contributed by atoms with Crippen LogP contribution >= 0.6 is 0 Å². The average Bonchev–Trinajstić information content (AvgIpc) is 3.47. The van der Waals surface area contributed by atoms with Crippen molar-refractivity contribution in [2.75, 3.05) is 7.05 Å². The Labute approximate surface area is 234 Å². The molecule has 2 aliphatic rings. The Morgan fingerprint density at radius 2 is 1.62 bits per heavy atom. The van der Waals surface area contributed by atoms with Crippen LogP contribution in [0.2, 0.25) is 0 Å². The lowest BCUT2D eigenvalue weighted by atomic mass is 9.88. The number of benzene rings is 3. The van der Waals surface area contributed by atoms with Gasteiger partial charge in [0.2, 0.25) is 0 Å². The number of likely N-dealkylation sites (N-methyl/N-ethyl adjacent to an activating group) is 1. The fraction of sp³-hybridized carbons (Fsp3) is 0.171. The van der Waals surface area contributed by atoms with Crippen LogP contribution in [-0.2, 0) is 5.41 Å². The zero-order chi connectivity index (χ0) is 27.4. The molecule has 198 valence electrons. The number of pyridine rings is 1. The highest BCUT2D eigenvalue weighted by molar-refractivity contribution is 6.09. The lowest BCUT2D eigenvalue weighted by Gasteiger charge is -2.29. The second kappa shape index (κ2) is 9.16. The topological polar surface area (TPSA) is 33.5 Å². The van der Waals surface area contributed by atoms with Gasteiger partial charge in [0.25, 0.3) is 0 Å². The number of allylic oxidation sites excluding steroid dienone is 2. The minimum atomic E-state index is 0.0274. The number of ether oxygens (including phenoxy) is 1. The molecule has 0 radical (unpaired) electrons. The summed E-state index contributed by atoms with van der Waals surface area (Å²) in [6.45, 7) is 6.70. The first kappa shape index (κ1) is 24.3. The average molecular weight is 525 g/mol. The minimum absolute atomic E-state index is 0.0274. The molecule has 0 fully saturated rings. The molecular weight excluding hydrogens is 492 g/mol. The van der Waals surface area contributed by atoms with Crippen molar-refractivity contribution in [3.63, 3.8) is 0 Å². The Morgan fingerprint density at radius 3 is 2.50 bits per heavy atom. The van der Waals surface area contributed by atoms with Crippen molar-refractivity contribution in [3.8, 4) is 17.3 Å². The Kier molecular flexibility index (Phi) is 5.56. The molecule has 40 heavy (non-hydrogen) atoms. The van der Waals surface area contributed by atoms with Gasteiger partial charge in [-0.15, -0.1) is 0 Å². The molecular formula is C35H32N4O. The van der Waals surface area contributed by atoms with Crippen LogP contribution in [0.5, 0.6) is 11.5 Å². The van der Waals surface area contributed by atoms with Crippen molar-refractivity contribution in [1.82, 2.24) is 19.4 Å². The molecule has 0 saturated heterocycles. The SMILES string of the molecule is CN1C=C(c2cccc(Oc3ccc4c5ccccc5n(-c5cc(C(C)(C)C)ccn5)c4c3)c2)N2C=CC=CC12. The predicted molar refractivity (Wildman–Crippen MR) is 163 cm³/mol. The van der Waals surface area contributed by atoms with Crippen LogP contribution in [0, 0.1) is 0 Å². The molecule has 0 aliphatic carbocycles. The first-order chi connectivity index (χ1) is 19.4. The van der Waals surface area contributed by atoms with Crippen molar-refractivity contribution in [1.29, 1.82) is 0 Å². The van der Waals surface area contributed by atoms with Gasteiger partial charge in [0.1, 0.15) is 23.5 Å². The van der Waals surface area contributed by atoms with E-state index in [1.807, 2.05) is 12.3 Å². The van der Waals surface area contributed by atoms with Crippen LogP contribution in [0.25, 0.3) is 33.3 Å². The van der Waals surface area contributed by atoms with E-state index < -0.39 is 0 Å². The maximum absolute atomic E-state index is 6.49. The fourth-order valence-electron chi connectivity index (χ4n) is 5.72. The molecule has 5 aromatic rings. The molecule has 0 saturated carbocycles. The number of rotatable bonds is 4. The molecule has 3 aromatic carbocycles. The first-order valence-electron chi connectivity index (χ1n) is 13.7. The third-order valence-electron chi connectivity index (χ3n) is 7.80. The van der Waals surface area contributed by atoms with Crippen LogP contribution in [-0.4, -0.2) is 32.6 Å². The maximum atomic E-state index is 6.49. The standard InChI is InChI=1S/C35H32N4O/c1-35(2,3)25-17-18-36-33(21-25)39-30-13-6-5-12-28(30)29-16-15-27(22-31(29)39)40-26-11-9-10-24(20-26)32-23-37(4)34-14-7-8-19-38(32)34/h5-23,34H,1-4H3. The van der Waals surface area contributed by atoms with E-state index in [0.29, 0.717) is 0 Å².